The summed E-state index contributed by atoms with van der Waals surface area (Å²) >= 11 is 0. The number of hydrogen-bond acceptors (Lipinski definition) is 0. The van der Waals surface area contributed by atoms with Gasteiger partial charge in [-0.05, 0) is 24.7 Å². The average molecular weight is 232 g/mol. The van der Waals surface area contributed by atoms with Crippen LogP contribution in [0, 0.1) is 11.8 Å². The van der Waals surface area contributed by atoms with Gasteiger partial charge in [-0.15, -0.1) is 0 Å². The predicted molar refractivity (Wildman–Crippen MR) is 64.8 cm³/mol. The molecular formula is C14H26F2. The maximum atomic E-state index is 13.4. The van der Waals surface area contributed by atoms with Gasteiger partial charge in [0.1, 0.15) is 0 Å². The molecule has 1 fully saturated rings. The zero-order valence-corrected chi connectivity index (χ0v) is 10.8. The Kier molecular flexibility index (Phi) is 5.71. The zero-order chi connectivity index (χ0) is 12.0. The summed E-state index contributed by atoms with van der Waals surface area (Å²) < 4.78 is 26.8. The van der Waals surface area contributed by atoms with Crippen LogP contribution < -0.4 is 0 Å². The molecule has 2 atom stereocenters. The van der Waals surface area contributed by atoms with Crippen LogP contribution in [0.3, 0.4) is 0 Å². The van der Waals surface area contributed by atoms with Crippen LogP contribution >= 0.6 is 0 Å². The largest absolute Gasteiger partial charge is 0.248 e. The van der Waals surface area contributed by atoms with E-state index in [4.69, 9.17) is 0 Å². The van der Waals surface area contributed by atoms with Crippen molar-refractivity contribution in [2.75, 3.05) is 0 Å². The van der Waals surface area contributed by atoms with Gasteiger partial charge in [-0.1, -0.05) is 46.0 Å². The molecule has 0 saturated heterocycles. The fourth-order valence-corrected chi connectivity index (χ4v) is 3.07. The van der Waals surface area contributed by atoms with E-state index < -0.39 is 5.92 Å². The normalized spacial score (nSPS) is 26.6. The van der Waals surface area contributed by atoms with Crippen molar-refractivity contribution in [2.45, 2.75) is 77.6 Å². The van der Waals surface area contributed by atoms with E-state index in [0.29, 0.717) is 5.92 Å². The maximum absolute atomic E-state index is 13.4. The lowest BCUT2D eigenvalue weighted by molar-refractivity contribution is -0.0634. The smallest absolute Gasteiger partial charge is 0.207 e. The molecule has 2 unspecified atom stereocenters. The summed E-state index contributed by atoms with van der Waals surface area (Å²) in [4.78, 5) is 0. The molecule has 0 radical (unpaired) electrons. The molecule has 96 valence electrons. The van der Waals surface area contributed by atoms with Crippen molar-refractivity contribution in [3.05, 3.63) is 0 Å². The second-order valence-corrected chi connectivity index (χ2v) is 5.40. The molecule has 0 aromatic rings. The zero-order valence-electron chi connectivity index (χ0n) is 10.8. The molecule has 0 N–H and O–H groups in total. The number of hydrogen-bond donors (Lipinski definition) is 0. The summed E-state index contributed by atoms with van der Waals surface area (Å²) in [5.74, 6) is -1.53. The van der Waals surface area contributed by atoms with Crippen LogP contribution in [0.5, 0.6) is 0 Å². The minimum absolute atomic E-state index is 0.121. The highest BCUT2D eigenvalue weighted by Gasteiger charge is 2.38. The van der Waals surface area contributed by atoms with Gasteiger partial charge in [0, 0.05) is 12.8 Å². The summed E-state index contributed by atoms with van der Waals surface area (Å²) in [7, 11) is 0. The highest BCUT2D eigenvalue weighted by Crippen LogP contribution is 2.42. The summed E-state index contributed by atoms with van der Waals surface area (Å²) in [6, 6.07) is 0. The van der Waals surface area contributed by atoms with E-state index in [1.54, 1.807) is 0 Å². The van der Waals surface area contributed by atoms with Gasteiger partial charge < -0.3 is 0 Å². The number of unbranched alkanes of at least 4 members (excludes halogenated alkanes) is 1. The Hall–Kier alpha value is -0.140. The molecule has 0 nitrogen and oxygen atoms in total. The molecule has 1 rings (SSSR count). The van der Waals surface area contributed by atoms with E-state index in [0.717, 1.165) is 32.1 Å². The molecule has 1 aliphatic rings. The highest BCUT2D eigenvalue weighted by atomic mass is 19.3. The minimum atomic E-state index is -2.37. The van der Waals surface area contributed by atoms with Gasteiger partial charge >= 0.3 is 0 Å². The van der Waals surface area contributed by atoms with Crippen molar-refractivity contribution >= 4 is 0 Å². The summed E-state index contributed by atoms with van der Waals surface area (Å²) in [6.45, 7) is 4.35. The van der Waals surface area contributed by atoms with E-state index >= 15 is 0 Å². The lowest BCUT2D eigenvalue weighted by Crippen LogP contribution is -2.30. The first kappa shape index (κ1) is 13.9. The van der Waals surface area contributed by atoms with Crippen molar-refractivity contribution in [3.63, 3.8) is 0 Å². The Balaban J connectivity index is 2.48. The molecule has 2 heteroatoms. The molecule has 0 heterocycles. The SMILES string of the molecule is CCCCC(CCC)C1CCCC(F)(F)C1. The van der Waals surface area contributed by atoms with E-state index in [1.807, 2.05) is 0 Å². The number of alkyl halides is 2. The maximum Gasteiger partial charge on any atom is 0.248 e. The molecule has 0 aromatic heterocycles. The fourth-order valence-electron chi connectivity index (χ4n) is 3.07. The van der Waals surface area contributed by atoms with Gasteiger partial charge in [0.05, 0.1) is 0 Å². The molecule has 0 spiro atoms. The predicted octanol–water partition coefficient (Wildman–Crippen LogP) is 5.42. The molecule has 0 aliphatic heterocycles. The Morgan fingerprint density at radius 1 is 1.19 bits per heavy atom. The lowest BCUT2D eigenvalue weighted by Gasteiger charge is -2.34. The first-order valence-electron chi connectivity index (χ1n) is 6.97. The standard InChI is InChI=1S/C14H26F2/c1-3-5-8-12(7-4-2)13-9-6-10-14(15,16)11-13/h12-13H,3-11H2,1-2H3. The third-order valence-electron chi connectivity index (χ3n) is 3.93. The third kappa shape index (κ3) is 4.39. The van der Waals surface area contributed by atoms with Gasteiger partial charge in [-0.25, -0.2) is 8.78 Å². The highest BCUT2D eigenvalue weighted by molar-refractivity contribution is 4.82. The van der Waals surface area contributed by atoms with Crippen LogP contribution in [0.15, 0.2) is 0 Å². The Bertz CT molecular complexity index is 189. The van der Waals surface area contributed by atoms with Crippen molar-refractivity contribution in [1.29, 1.82) is 0 Å². The van der Waals surface area contributed by atoms with E-state index in [1.165, 1.54) is 12.8 Å². The first-order valence-corrected chi connectivity index (χ1v) is 6.97. The van der Waals surface area contributed by atoms with Gasteiger partial charge in [0.25, 0.3) is 0 Å². The molecule has 0 amide bonds. The monoisotopic (exact) mass is 232 g/mol. The quantitative estimate of drug-likeness (QED) is 0.573. The van der Waals surface area contributed by atoms with Gasteiger partial charge in [0.2, 0.25) is 5.92 Å². The summed E-state index contributed by atoms with van der Waals surface area (Å²) in [5.41, 5.74) is 0. The van der Waals surface area contributed by atoms with Crippen molar-refractivity contribution in [1.82, 2.24) is 0 Å². The van der Waals surface area contributed by atoms with E-state index in [-0.39, 0.29) is 18.8 Å². The topological polar surface area (TPSA) is 0 Å². The minimum Gasteiger partial charge on any atom is -0.207 e. The van der Waals surface area contributed by atoms with E-state index in [9.17, 15) is 8.78 Å². The second kappa shape index (κ2) is 6.56. The molecule has 1 saturated carbocycles. The Labute approximate surface area is 98.8 Å². The van der Waals surface area contributed by atoms with Crippen LogP contribution in [0.4, 0.5) is 8.78 Å². The number of halogens is 2. The summed E-state index contributed by atoms with van der Waals surface area (Å²) in [5, 5.41) is 0. The lowest BCUT2D eigenvalue weighted by atomic mass is 9.75. The first-order chi connectivity index (χ1) is 7.59. The molecule has 1 aliphatic carbocycles. The molecule has 16 heavy (non-hydrogen) atoms. The van der Waals surface area contributed by atoms with Crippen molar-refractivity contribution in [2.24, 2.45) is 11.8 Å². The molecule has 0 aromatic carbocycles. The van der Waals surface area contributed by atoms with E-state index in [2.05, 4.69) is 13.8 Å². The van der Waals surface area contributed by atoms with Crippen molar-refractivity contribution in [3.8, 4) is 0 Å². The average Bonchev–Trinajstić information content (AvgIpc) is 2.22. The third-order valence-corrected chi connectivity index (χ3v) is 3.93. The second-order valence-electron chi connectivity index (χ2n) is 5.40. The Morgan fingerprint density at radius 3 is 2.50 bits per heavy atom. The van der Waals surface area contributed by atoms with Gasteiger partial charge in [-0.3, -0.25) is 0 Å². The van der Waals surface area contributed by atoms with Crippen LogP contribution in [-0.4, -0.2) is 5.92 Å². The van der Waals surface area contributed by atoms with Crippen LogP contribution in [0.25, 0.3) is 0 Å². The van der Waals surface area contributed by atoms with Crippen LogP contribution in [0.2, 0.25) is 0 Å². The van der Waals surface area contributed by atoms with Gasteiger partial charge in [0.15, 0.2) is 0 Å². The molecular weight excluding hydrogens is 206 g/mol. The van der Waals surface area contributed by atoms with Crippen molar-refractivity contribution < 1.29 is 8.78 Å². The number of rotatable bonds is 6. The fraction of sp³-hybridized carbons (Fsp3) is 1.00. The Morgan fingerprint density at radius 2 is 1.94 bits per heavy atom. The molecule has 0 bridgehead atoms. The van der Waals surface area contributed by atoms with Crippen LogP contribution in [0.1, 0.15) is 71.6 Å². The van der Waals surface area contributed by atoms with Crippen LogP contribution in [-0.2, 0) is 0 Å². The van der Waals surface area contributed by atoms with Gasteiger partial charge in [-0.2, -0.15) is 0 Å². The summed E-state index contributed by atoms with van der Waals surface area (Å²) in [6.07, 6.45) is 7.85.